The highest BCUT2D eigenvalue weighted by atomic mass is 16.5. The van der Waals surface area contributed by atoms with E-state index in [0.29, 0.717) is 6.10 Å². The average molecular weight is 319 g/mol. The molecule has 2 heteroatoms. The molecule has 124 valence electrons. The lowest BCUT2D eigenvalue weighted by molar-refractivity contribution is -0.0251. The van der Waals surface area contributed by atoms with Gasteiger partial charge >= 0.3 is 0 Å². The van der Waals surface area contributed by atoms with Crippen molar-refractivity contribution in [3.8, 4) is 11.8 Å². The predicted octanol–water partition coefficient (Wildman–Crippen LogP) is 4.28. The molecule has 0 aromatic heterocycles. The Kier molecular flexibility index (Phi) is 6.07. The van der Waals surface area contributed by atoms with Gasteiger partial charge in [0.1, 0.15) is 6.10 Å². The molecule has 1 saturated heterocycles. The molecule has 0 radical (unpaired) electrons. The number of rotatable bonds is 5. The fourth-order valence-electron chi connectivity index (χ4n) is 3.19. The highest BCUT2D eigenvalue weighted by Gasteiger charge is 2.24. The molecule has 0 saturated carbocycles. The van der Waals surface area contributed by atoms with Crippen molar-refractivity contribution in [2.45, 2.75) is 32.0 Å². The zero-order valence-corrected chi connectivity index (χ0v) is 14.3. The zero-order chi connectivity index (χ0) is 16.6. The molecule has 2 nitrogen and oxygen atoms in total. The Balaban J connectivity index is 1.68. The molecule has 2 aromatic carbocycles. The van der Waals surface area contributed by atoms with Crippen LogP contribution in [0.15, 0.2) is 60.7 Å². The maximum absolute atomic E-state index is 6.55. The first kappa shape index (κ1) is 16.8. The van der Waals surface area contributed by atoms with E-state index in [4.69, 9.17) is 4.74 Å². The summed E-state index contributed by atoms with van der Waals surface area (Å²) in [5, 5.41) is 0. The second kappa shape index (κ2) is 8.68. The summed E-state index contributed by atoms with van der Waals surface area (Å²) >= 11 is 0. The van der Waals surface area contributed by atoms with Crippen LogP contribution in [0.25, 0.3) is 0 Å². The van der Waals surface area contributed by atoms with Crippen LogP contribution in [0.3, 0.4) is 0 Å². The quantitative estimate of drug-likeness (QED) is 0.763. The van der Waals surface area contributed by atoms with Gasteiger partial charge in [-0.05, 0) is 30.9 Å². The molecule has 0 N–H and O–H groups in total. The Labute approximate surface area is 145 Å². The Bertz CT molecular complexity index is 624. The third-order valence-corrected chi connectivity index (χ3v) is 4.55. The van der Waals surface area contributed by atoms with Crippen molar-refractivity contribution in [2.24, 2.45) is 0 Å². The fraction of sp³-hybridized carbons (Fsp3) is 0.364. The summed E-state index contributed by atoms with van der Waals surface area (Å²) < 4.78 is 6.55. The van der Waals surface area contributed by atoms with E-state index in [1.807, 2.05) is 6.92 Å². The monoisotopic (exact) mass is 319 g/mol. The van der Waals surface area contributed by atoms with Crippen LogP contribution in [0.5, 0.6) is 0 Å². The molecule has 2 aromatic rings. The number of nitrogens with zero attached hydrogens (tertiary/aromatic N) is 1. The van der Waals surface area contributed by atoms with Crippen LogP contribution in [0.1, 0.15) is 37.0 Å². The lowest BCUT2D eigenvalue weighted by atomic mass is 10.00. The normalized spacial score (nSPS) is 15.9. The minimum absolute atomic E-state index is 0.0133. The summed E-state index contributed by atoms with van der Waals surface area (Å²) in [6.45, 7) is 4.91. The molecule has 0 spiro atoms. The number of hydrogen-bond acceptors (Lipinski definition) is 2. The van der Waals surface area contributed by atoms with Gasteiger partial charge in [-0.15, -0.1) is 5.92 Å². The van der Waals surface area contributed by atoms with Crippen molar-refractivity contribution in [3.63, 3.8) is 0 Å². The van der Waals surface area contributed by atoms with E-state index in [2.05, 4.69) is 77.4 Å². The van der Waals surface area contributed by atoms with Gasteiger partial charge in [0.15, 0.2) is 0 Å². The zero-order valence-electron chi connectivity index (χ0n) is 14.3. The summed E-state index contributed by atoms with van der Waals surface area (Å²) in [6.07, 6.45) is 2.46. The minimum Gasteiger partial charge on any atom is -0.365 e. The number of benzene rings is 2. The van der Waals surface area contributed by atoms with Crippen LogP contribution in [0, 0.1) is 11.8 Å². The number of likely N-dealkylation sites (tertiary alicyclic amines) is 1. The molecule has 0 unspecified atom stereocenters. The molecule has 0 bridgehead atoms. The number of piperidine rings is 1. The molecule has 1 aliphatic heterocycles. The molecule has 24 heavy (non-hydrogen) atoms. The van der Waals surface area contributed by atoms with Crippen molar-refractivity contribution in [2.75, 3.05) is 19.6 Å². The molecular formula is C22H25NO. The first-order valence-electron chi connectivity index (χ1n) is 8.74. The van der Waals surface area contributed by atoms with E-state index in [1.165, 1.54) is 11.1 Å². The van der Waals surface area contributed by atoms with Gasteiger partial charge in [0.2, 0.25) is 0 Å². The third-order valence-electron chi connectivity index (χ3n) is 4.55. The maximum atomic E-state index is 6.55. The molecule has 1 fully saturated rings. The molecule has 3 rings (SSSR count). The van der Waals surface area contributed by atoms with Crippen LogP contribution < -0.4 is 0 Å². The molecular weight excluding hydrogens is 294 g/mol. The van der Waals surface area contributed by atoms with Crippen molar-refractivity contribution in [3.05, 3.63) is 71.8 Å². The van der Waals surface area contributed by atoms with Gasteiger partial charge in [-0.25, -0.2) is 0 Å². The minimum atomic E-state index is 0.0133. The van der Waals surface area contributed by atoms with E-state index in [1.54, 1.807) is 0 Å². The first-order chi connectivity index (χ1) is 11.9. The van der Waals surface area contributed by atoms with Gasteiger partial charge in [-0.2, -0.15) is 0 Å². The van der Waals surface area contributed by atoms with Gasteiger partial charge < -0.3 is 4.74 Å². The van der Waals surface area contributed by atoms with E-state index in [9.17, 15) is 0 Å². The highest BCUT2D eigenvalue weighted by Crippen LogP contribution is 2.29. The van der Waals surface area contributed by atoms with Crippen LogP contribution >= 0.6 is 0 Å². The lowest BCUT2D eigenvalue weighted by Crippen LogP contribution is -2.37. The summed E-state index contributed by atoms with van der Waals surface area (Å²) in [7, 11) is 0. The molecule has 0 amide bonds. The molecule has 0 aliphatic carbocycles. The van der Waals surface area contributed by atoms with Crippen LogP contribution in [0.2, 0.25) is 0 Å². The SMILES string of the molecule is CC#CCN1CCC(OC(c2ccccc2)c2ccccc2)CC1. The summed E-state index contributed by atoms with van der Waals surface area (Å²) in [4.78, 5) is 2.41. The second-order valence-electron chi connectivity index (χ2n) is 6.24. The topological polar surface area (TPSA) is 12.5 Å². The predicted molar refractivity (Wildman–Crippen MR) is 98.7 cm³/mol. The van der Waals surface area contributed by atoms with Crippen molar-refractivity contribution < 1.29 is 4.74 Å². The van der Waals surface area contributed by atoms with E-state index in [-0.39, 0.29) is 6.10 Å². The van der Waals surface area contributed by atoms with Crippen molar-refractivity contribution in [1.82, 2.24) is 4.90 Å². The van der Waals surface area contributed by atoms with Crippen LogP contribution in [-0.2, 0) is 4.74 Å². The van der Waals surface area contributed by atoms with Gasteiger partial charge in [0.05, 0.1) is 12.6 Å². The van der Waals surface area contributed by atoms with Gasteiger partial charge in [0.25, 0.3) is 0 Å². The number of hydrogen-bond donors (Lipinski definition) is 0. The molecule has 1 heterocycles. The first-order valence-corrected chi connectivity index (χ1v) is 8.74. The van der Waals surface area contributed by atoms with Gasteiger partial charge in [-0.1, -0.05) is 66.6 Å². The lowest BCUT2D eigenvalue weighted by Gasteiger charge is -2.33. The summed E-state index contributed by atoms with van der Waals surface area (Å²) in [5.41, 5.74) is 2.45. The molecule has 0 atom stereocenters. The number of ether oxygens (including phenoxy) is 1. The van der Waals surface area contributed by atoms with Crippen molar-refractivity contribution >= 4 is 0 Å². The second-order valence-corrected chi connectivity index (χ2v) is 6.24. The van der Waals surface area contributed by atoms with Crippen molar-refractivity contribution in [1.29, 1.82) is 0 Å². The Morgan fingerprint density at radius 1 is 0.958 bits per heavy atom. The Morgan fingerprint density at radius 3 is 2.00 bits per heavy atom. The summed E-state index contributed by atoms with van der Waals surface area (Å²) in [6, 6.07) is 21.1. The standard InChI is InChI=1S/C22H25NO/c1-2-3-16-23-17-14-21(15-18-23)24-22(19-10-6-4-7-11-19)20-12-8-5-9-13-20/h4-13,21-22H,14-18H2,1H3. The maximum Gasteiger partial charge on any atom is 0.108 e. The average Bonchev–Trinajstić information content (AvgIpc) is 2.67. The Morgan fingerprint density at radius 2 is 1.50 bits per heavy atom. The van der Waals surface area contributed by atoms with Crippen LogP contribution in [0.4, 0.5) is 0 Å². The fourth-order valence-corrected chi connectivity index (χ4v) is 3.19. The molecule has 1 aliphatic rings. The highest BCUT2D eigenvalue weighted by molar-refractivity contribution is 5.30. The summed E-state index contributed by atoms with van der Waals surface area (Å²) in [5.74, 6) is 6.14. The van der Waals surface area contributed by atoms with Gasteiger partial charge in [-0.3, -0.25) is 4.90 Å². The third kappa shape index (κ3) is 4.47. The van der Waals surface area contributed by atoms with Crippen LogP contribution in [-0.4, -0.2) is 30.6 Å². The van der Waals surface area contributed by atoms with E-state index < -0.39 is 0 Å². The van der Waals surface area contributed by atoms with E-state index >= 15 is 0 Å². The smallest absolute Gasteiger partial charge is 0.108 e. The largest absolute Gasteiger partial charge is 0.365 e. The Hall–Kier alpha value is -2.08. The van der Waals surface area contributed by atoms with Gasteiger partial charge in [0, 0.05) is 13.1 Å². The van der Waals surface area contributed by atoms with E-state index in [0.717, 1.165) is 32.5 Å².